The van der Waals surface area contributed by atoms with Gasteiger partial charge in [-0.2, -0.15) is 0 Å². The molecule has 0 bridgehead atoms. The smallest absolute Gasteiger partial charge is 0.243 e. The lowest BCUT2D eigenvalue weighted by atomic mass is 10.2. The Morgan fingerprint density at radius 1 is 1.19 bits per heavy atom. The Kier molecular flexibility index (Phi) is 5.36. The van der Waals surface area contributed by atoms with Crippen LogP contribution in [0.1, 0.15) is 17.7 Å². The van der Waals surface area contributed by atoms with Crippen LogP contribution in [0.15, 0.2) is 36.1 Å². The van der Waals surface area contributed by atoms with Crippen LogP contribution in [0.4, 0.5) is 11.5 Å². The van der Waals surface area contributed by atoms with Gasteiger partial charge in [-0.25, -0.2) is 19.9 Å². The van der Waals surface area contributed by atoms with Gasteiger partial charge in [0, 0.05) is 30.6 Å². The molecule has 0 radical (unpaired) electrons. The number of carbonyl (C=O) groups excluding carboxylic acids is 1. The Labute approximate surface area is 188 Å². The predicted octanol–water partition coefficient (Wildman–Crippen LogP) is 3.12. The fraction of sp³-hybridized carbons (Fsp3) is 0.273. The number of hydrogen-bond donors (Lipinski definition) is 1. The zero-order chi connectivity index (χ0) is 22.1. The minimum Gasteiger partial charge on any atom is -0.481 e. The van der Waals surface area contributed by atoms with E-state index in [1.54, 1.807) is 48.5 Å². The summed E-state index contributed by atoms with van der Waals surface area (Å²) >= 11 is 1.55. The highest BCUT2D eigenvalue weighted by Gasteiger charge is 2.23. The number of amides is 1. The van der Waals surface area contributed by atoms with E-state index in [1.165, 1.54) is 0 Å². The van der Waals surface area contributed by atoms with Gasteiger partial charge >= 0.3 is 0 Å². The van der Waals surface area contributed by atoms with E-state index in [0.717, 1.165) is 46.6 Å². The molecular formula is C22H21N7O2S. The number of aryl methyl sites for hydroxylation is 1. The van der Waals surface area contributed by atoms with Crippen molar-refractivity contribution in [2.45, 2.75) is 19.3 Å². The number of pyridine rings is 2. The highest BCUT2D eigenvalue weighted by Crippen LogP contribution is 2.31. The monoisotopic (exact) mass is 447 g/mol. The van der Waals surface area contributed by atoms with Gasteiger partial charge in [0.2, 0.25) is 11.8 Å². The molecule has 1 aliphatic carbocycles. The number of thiazole rings is 1. The zero-order valence-electron chi connectivity index (χ0n) is 17.7. The number of hydrogen-bond acceptors (Lipinski definition) is 9. The summed E-state index contributed by atoms with van der Waals surface area (Å²) in [7, 11) is 3.42. The molecule has 0 saturated carbocycles. The molecule has 4 aromatic heterocycles. The first-order valence-corrected chi connectivity index (χ1v) is 11.1. The van der Waals surface area contributed by atoms with Crippen LogP contribution in [0, 0.1) is 0 Å². The van der Waals surface area contributed by atoms with E-state index in [2.05, 4.69) is 20.3 Å². The van der Waals surface area contributed by atoms with E-state index in [1.807, 2.05) is 18.0 Å². The molecule has 5 rings (SSSR count). The van der Waals surface area contributed by atoms with Crippen molar-refractivity contribution in [2.24, 2.45) is 0 Å². The number of likely N-dealkylation sites (N-methyl/N-ethyl adjacent to an activating group) is 1. The highest BCUT2D eigenvalue weighted by atomic mass is 32.1. The maximum absolute atomic E-state index is 12.6. The van der Waals surface area contributed by atoms with Gasteiger partial charge in [0.05, 0.1) is 41.3 Å². The zero-order valence-corrected chi connectivity index (χ0v) is 18.5. The van der Waals surface area contributed by atoms with Crippen molar-refractivity contribution in [2.75, 3.05) is 30.9 Å². The lowest BCUT2D eigenvalue weighted by Crippen LogP contribution is -2.31. The molecule has 1 aliphatic rings. The van der Waals surface area contributed by atoms with Gasteiger partial charge in [0.15, 0.2) is 5.82 Å². The van der Waals surface area contributed by atoms with Crippen LogP contribution in [0.3, 0.4) is 0 Å². The van der Waals surface area contributed by atoms with E-state index < -0.39 is 0 Å². The summed E-state index contributed by atoms with van der Waals surface area (Å²) in [5.74, 6) is 1.66. The summed E-state index contributed by atoms with van der Waals surface area (Å²) in [4.78, 5) is 37.1. The SMILES string of the molecule is COc1ccc(NC(=O)CN(C)c2nc(-c3cc4ncsc4cn3)nc3c2CCC3)cn1. The molecule has 4 heterocycles. The molecule has 0 saturated heterocycles. The minimum atomic E-state index is -0.159. The quantitative estimate of drug-likeness (QED) is 0.481. The van der Waals surface area contributed by atoms with Gasteiger partial charge in [0.25, 0.3) is 0 Å². The average molecular weight is 448 g/mol. The molecule has 0 fully saturated rings. The van der Waals surface area contributed by atoms with Crippen LogP contribution in [-0.2, 0) is 17.6 Å². The predicted molar refractivity (Wildman–Crippen MR) is 123 cm³/mol. The minimum absolute atomic E-state index is 0.146. The van der Waals surface area contributed by atoms with Gasteiger partial charge in [-0.3, -0.25) is 9.78 Å². The highest BCUT2D eigenvalue weighted by molar-refractivity contribution is 7.16. The van der Waals surface area contributed by atoms with Gasteiger partial charge < -0.3 is 15.0 Å². The number of fused-ring (bicyclic) bond motifs is 2. The number of aromatic nitrogens is 5. The first kappa shape index (κ1) is 20.3. The van der Waals surface area contributed by atoms with Crippen molar-refractivity contribution in [3.63, 3.8) is 0 Å². The maximum atomic E-state index is 12.6. The van der Waals surface area contributed by atoms with E-state index in [4.69, 9.17) is 14.7 Å². The number of methoxy groups -OCH3 is 1. The van der Waals surface area contributed by atoms with Gasteiger partial charge in [0.1, 0.15) is 11.5 Å². The molecule has 9 nitrogen and oxygen atoms in total. The summed E-state index contributed by atoms with van der Waals surface area (Å²) in [5, 5.41) is 2.86. The van der Waals surface area contributed by atoms with E-state index in [0.29, 0.717) is 23.1 Å². The topological polar surface area (TPSA) is 106 Å². The molecule has 1 amide bonds. The third-order valence-corrected chi connectivity index (χ3v) is 6.11. The number of anilines is 2. The molecule has 0 atom stereocenters. The normalized spacial score (nSPS) is 12.6. The third kappa shape index (κ3) is 3.96. The van der Waals surface area contributed by atoms with Crippen LogP contribution in [0.25, 0.3) is 21.7 Å². The van der Waals surface area contributed by atoms with Crippen LogP contribution in [0.2, 0.25) is 0 Å². The molecule has 0 spiro atoms. The van der Waals surface area contributed by atoms with Gasteiger partial charge in [-0.05, 0) is 31.4 Å². The number of nitrogens with zero attached hydrogens (tertiary/aromatic N) is 6. The molecular weight excluding hydrogens is 426 g/mol. The maximum Gasteiger partial charge on any atom is 0.243 e. The lowest BCUT2D eigenvalue weighted by Gasteiger charge is -2.21. The van der Waals surface area contributed by atoms with Crippen LogP contribution in [0.5, 0.6) is 5.88 Å². The van der Waals surface area contributed by atoms with Crippen molar-refractivity contribution in [3.05, 3.63) is 47.4 Å². The van der Waals surface area contributed by atoms with E-state index in [-0.39, 0.29) is 12.5 Å². The van der Waals surface area contributed by atoms with E-state index in [9.17, 15) is 4.79 Å². The van der Waals surface area contributed by atoms with Crippen molar-refractivity contribution < 1.29 is 9.53 Å². The molecule has 32 heavy (non-hydrogen) atoms. The standard InChI is InChI=1S/C22H21N7O2S/c1-29(11-19(30)26-13-6-7-20(31-2)24-9-13)22-14-4-3-5-15(14)27-21(28-22)17-8-16-18(10-23-17)32-12-25-16/h6-10,12H,3-5,11H2,1-2H3,(H,26,30). The van der Waals surface area contributed by atoms with Crippen molar-refractivity contribution in [3.8, 4) is 17.4 Å². The van der Waals surface area contributed by atoms with Crippen molar-refractivity contribution in [1.29, 1.82) is 0 Å². The average Bonchev–Trinajstić information content (AvgIpc) is 3.47. The molecule has 0 unspecified atom stereocenters. The Balaban J connectivity index is 1.39. The van der Waals surface area contributed by atoms with Gasteiger partial charge in [-0.15, -0.1) is 11.3 Å². The van der Waals surface area contributed by atoms with Crippen LogP contribution < -0.4 is 15.0 Å². The molecule has 0 aliphatic heterocycles. The number of ether oxygens (including phenoxy) is 1. The van der Waals surface area contributed by atoms with E-state index >= 15 is 0 Å². The van der Waals surface area contributed by atoms with Crippen molar-refractivity contribution in [1.82, 2.24) is 24.9 Å². The summed E-state index contributed by atoms with van der Waals surface area (Å²) < 4.78 is 6.08. The first-order chi connectivity index (χ1) is 15.6. The second-order valence-electron chi connectivity index (χ2n) is 7.53. The molecule has 162 valence electrons. The largest absolute Gasteiger partial charge is 0.481 e. The molecule has 10 heteroatoms. The van der Waals surface area contributed by atoms with Crippen molar-refractivity contribution >= 4 is 39.0 Å². The summed E-state index contributed by atoms with van der Waals surface area (Å²) in [5.41, 5.74) is 6.10. The van der Waals surface area contributed by atoms with Crippen LogP contribution >= 0.6 is 11.3 Å². The molecule has 1 N–H and O–H groups in total. The summed E-state index contributed by atoms with van der Waals surface area (Å²) in [6, 6.07) is 5.37. The van der Waals surface area contributed by atoms with Crippen LogP contribution in [-0.4, -0.2) is 51.5 Å². The third-order valence-electron chi connectivity index (χ3n) is 5.33. The fourth-order valence-corrected chi connectivity index (χ4v) is 4.42. The molecule has 0 aromatic carbocycles. The lowest BCUT2D eigenvalue weighted by molar-refractivity contribution is -0.114. The Morgan fingerprint density at radius 3 is 2.91 bits per heavy atom. The number of rotatable bonds is 6. The Morgan fingerprint density at radius 2 is 2.09 bits per heavy atom. The second kappa shape index (κ2) is 8.46. The first-order valence-electron chi connectivity index (χ1n) is 10.2. The van der Waals surface area contributed by atoms with Gasteiger partial charge in [-0.1, -0.05) is 0 Å². The Bertz CT molecular complexity index is 1290. The Hall–Kier alpha value is -3.66. The number of carbonyl (C=O) groups is 1. The second-order valence-corrected chi connectivity index (χ2v) is 8.42. The summed E-state index contributed by atoms with van der Waals surface area (Å²) in [6.45, 7) is 0.146. The number of nitrogens with one attached hydrogen (secondary N) is 1. The summed E-state index contributed by atoms with van der Waals surface area (Å²) in [6.07, 6.45) is 6.19. The molecule has 4 aromatic rings. The fourth-order valence-electron chi connectivity index (χ4n) is 3.79.